The number of anilines is 1. The van der Waals surface area contributed by atoms with Crippen LogP contribution in [0.4, 0.5) is 5.69 Å². The molecule has 0 bridgehead atoms. The van der Waals surface area contributed by atoms with E-state index in [1.165, 1.54) is 0 Å². The van der Waals surface area contributed by atoms with Crippen molar-refractivity contribution in [2.75, 3.05) is 32.3 Å². The normalized spacial score (nSPS) is 12.1. The second-order valence-electron chi connectivity index (χ2n) is 7.64. The van der Waals surface area contributed by atoms with Crippen LogP contribution in [0.25, 0.3) is 0 Å². The van der Waals surface area contributed by atoms with Gasteiger partial charge in [0, 0.05) is 24.3 Å². The number of carbonyl (C=O) groups excluding carboxylic acids is 2. The van der Waals surface area contributed by atoms with Gasteiger partial charge in [-0.05, 0) is 72.1 Å². The van der Waals surface area contributed by atoms with Gasteiger partial charge in [-0.25, -0.2) is 0 Å². The minimum Gasteiger partial charge on any atom is -0.497 e. The van der Waals surface area contributed by atoms with Crippen molar-refractivity contribution in [2.45, 2.75) is 13.0 Å². The monoisotopic (exact) mass is 446 g/mol. The number of hydrogen-bond acceptors (Lipinski definition) is 5. The van der Waals surface area contributed by atoms with E-state index in [9.17, 15) is 9.59 Å². The SMILES string of the molecule is COc1ccc(OCC(=O)NCc2ccc3c(c2)N(C(=O)c2ccc(OC)cc2)CC3)cc1. The zero-order chi connectivity index (χ0) is 23.2. The van der Waals surface area contributed by atoms with Crippen molar-refractivity contribution in [2.24, 2.45) is 0 Å². The molecule has 1 aliphatic rings. The molecular formula is C26H26N2O5. The zero-order valence-electron chi connectivity index (χ0n) is 18.7. The van der Waals surface area contributed by atoms with Gasteiger partial charge in [0.1, 0.15) is 17.2 Å². The average Bonchev–Trinajstić information content (AvgIpc) is 3.29. The van der Waals surface area contributed by atoms with Crippen LogP contribution in [-0.4, -0.2) is 39.2 Å². The molecule has 0 fully saturated rings. The molecule has 1 aliphatic heterocycles. The lowest BCUT2D eigenvalue weighted by Gasteiger charge is -2.18. The summed E-state index contributed by atoms with van der Waals surface area (Å²) in [7, 11) is 3.19. The van der Waals surface area contributed by atoms with Gasteiger partial charge in [0.2, 0.25) is 0 Å². The number of rotatable bonds is 8. The number of fused-ring (bicyclic) bond motifs is 1. The quantitative estimate of drug-likeness (QED) is 0.572. The highest BCUT2D eigenvalue weighted by Gasteiger charge is 2.26. The lowest BCUT2D eigenvalue weighted by Crippen LogP contribution is -2.29. The van der Waals surface area contributed by atoms with E-state index in [2.05, 4.69) is 5.32 Å². The van der Waals surface area contributed by atoms with E-state index in [4.69, 9.17) is 14.2 Å². The smallest absolute Gasteiger partial charge is 0.258 e. The number of nitrogens with one attached hydrogen (secondary N) is 1. The number of amides is 2. The van der Waals surface area contributed by atoms with Crippen LogP contribution in [-0.2, 0) is 17.8 Å². The second kappa shape index (κ2) is 10.1. The molecule has 2 amide bonds. The summed E-state index contributed by atoms with van der Waals surface area (Å²) in [6, 6.07) is 20.1. The van der Waals surface area contributed by atoms with Crippen molar-refractivity contribution in [1.29, 1.82) is 0 Å². The van der Waals surface area contributed by atoms with E-state index in [1.54, 1.807) is 67.7 Å². The van der Waals surface area contributed by atoms with Crippen LogP contribution in [0.1, 0.15) is 21.5 Å². The summed E-state index contributed by atoms with van der Waals surface area (Å²) < 4.78 is 15.8. The molecule has 0 aliphatic carbocycles. The maximum atomic E-state index is 13.0. The highest BCUT2D eigenvalue weighted by atomic mass is 16.5. The van der Waals surface area contributed by atoms with Crippen LogP contribution in [0, 0.1) is 0 Å². The number of nitrogens with zero attached hydrogens (tertiary/aromatic N) is 1. The lowest BCUT2D eigenvalue weighted by atomic mass is 10.1. The summed E-state index contributed by atoms with van der Waals surface area (Å²) in [6.45, 7) is 0.897. The van der Waals surface area contributed by atoms with Gasteiger partial charge in [-0.1, -0.05) is 12.1 Å². The fourth-order valence-corrected chi connectivity index (χ4v) is 3.71. The first-order chi connectivity index (χ1) is 16.1. The molecule has 33 heavy (non-hydrogen) atoms. The predicted molar refractivity (Wildman–Crippen MR) is 125 cm³/mol. The Labute approximate surface area is 192 Å². The molecule has 4 rings (SSSR count). The number of benzene rings is 3. The molecule has 170 valence electrons. The second-order valence-corrected chi connectivity index (χ2v) is 7.64. The maximum absolute atomic E-state index is 13.0. The average molecular weight is 447 g/mol. The van der Waals surface area contributed by atoms with E-state index >= 15 is 0 Å². The number of hydrogen-bond donors (Lipinski definition) is 1. The Morgan fingerprint density at radius 2 is 1.52 bits per heavy atom. The topological polar surface area (TPSA) is 77.1 Å². The van der Waals surface area contributed by atoms with Gasteiger partial charge in [-0.2, -0.15) is 0 Å². The molecule has 0 saturated heterocycles. The summed E-state index contributed by atoms with van der Waals surface area (Å²) in [5.41, 5.74) is 3.53. The Balaban J connectivity index is 1.35. The first-order valence-electron chi connectivity index (χ1n) is 10.7. The van der Waals surface area contributed by atoms with Crippen molar-refractivity contribution in [3.8, 4) is 17.2 Å². The fraction of sp³-hybridized carbons (Fsp3) is 0.231. The van der Waals surface area contributed by atoms with Crippen LogP contribution >= 0.6 is 0 Å². The fourth-order valence-electron chi connectivity index (χ4n) is 3.71. The molecule has 0 aromatic heterocycles. The minimum absolute atomic E-state index is 0.0505. The molecule has 1 heterocycles. The summed E-state index contributed by atoms with van der Waals surface area (Å²) >= 11 is 0. The van der Waals surface area contributed by atoms with Crippen LogP contribution in [0.5, 0.6) is 17.2 Å². The van der Waals surface area contributed by atoms with Gasteiger partial charge in [-0.15, -0.1) is 0 Å². The molecule has 0 saturated carbocycles. The van der Waals surface area contributed by atoms with Gasteiger partial charge in [0.25, 0.3) is 11.8 Å². The van der Waals surface area contributed by atoms with Crippen molar-refractivity contribution in [3.05, 3.63) is 83.4 Å². The van der Waals surface area contributed by atoms with Crippen LogP contribution in [0.2, 0.25) is 0 Å². The molecule has 7 heteroatoms. The molecule has 0 radical (unpaired) electrons. The molecule has 0 spiro atoms. The standard InChI is InChI=1S/C26H26N2O5/c1-31-21-7-5-20(6-8-21)26(30)28-14-13-19-4-3-18(15-24(19)28)16-27-25(29)17-33-23-11-9-22(32-2)10-12-23/h3-12,15H,13-14,16-17H2,1-2H3,(H,27,29). The largest absolute Gasteiger partial charge is 0.497 e. The molecule has 0 unspecified atom stereocenters. The van der Waals surface area contributed by atoms with Gasteiger partial charge in [-0.3, -0.25) is 9.59 Å². The van der Waals surface area contributed by atoms with Gasteiger partial charge < -0.3 is 24.4 Å². The van der Waals surface area contributed by atoms with E-state index in [0.717, 1.165) is 29.0 Å². The molecule has 3 aromatic rings. The third-order valence-electron chi connectivity index (χ3n) is 5.55. The first kappa shape index (κ1) is 22.2. The van der Waals surface area contributed by atoms with E-state index < -0.39 is 0 Å². The molecular weight excluding hydrogens is 420 g/mol. The maximum Gasteiger partial charge on any atom is 0.258 e. The van der Waals surface area contributed by atoms with Gasteiger partial charge >= 0.3 is 0 Å². The molecule has 0 atom stereocenters. The Hall–Kier alpha value is -4.00. The number of ether oxygens (including phenoxy) is 3. The molecule has 3 aromatic carbocycles. The summed E-state index contributed by atoms with van der Waals surface area (Å²) in [5.74, 6) is 1.75. The van der Waals surface area contributed by atoms with Gasteiger partial charge in [0.05, 0.1) is 14.2 Å². The minimum atomic E-state index is -0.225. The molecule has 7 nitrogen and oxygen atoms in total. The van der Waals surface area contributed by atoms with Crippen molar-refractivity contribution in [3.63, 3.8) is 0 Å². The van der Waals surface area contributed by atoms with Crippen LogP contribution in [0.3, 0.4) is 0 Å². The Morgan fingerprint density at radius 3 is 2.18 bits per heavy atom. The van der Waals surface area contributed by atoms with Crippen LogP contribution in [0.15, 0.2) is 66.7 Å². The third kappa shape index (κ3) is 5.26. The zero-order valence-corrected chi connectivity index (χ0v) is 18.7. The number of methoxy groups -OCH3 is 2. The van der Waals surface area contributed by atoms with E-state index in [1.807, 2.05) is 18.2 Å². The summed E-state index contributed by atoms with van der Waals surface area (Å²) in [6.07, 6.45) is 0.805. The molecule has 1 N–H and O–H groups in total. The Kier molecular flexibility index (Phi) is 6.78. The van der Waals surface area contributed by atoms with E-state index in [-0.39, 0.29) is 18.4 Å². The Morgan fingerprint density at radius 1 is 0.879 bits per heavy atom. The van der Waals surface area contributed by atoms with Gasteiger partial charge in [0.15, 0.2) is 6.61 Å². The third-order valence-corrected chi connectivity index (χ3v) is 5.55. The summed E-state index contributed by atoms with van der Waals surface area (Å²) in [5, 5.41) is 2.87. The van der Waals surface area contributed by atoms with Crippen molar-refractivity contribution in [1.82, 2.24) is 5.32 Å². The van der Waals surface area contributed by atoms with Crippen LogP contribution < -0.4 is 24.4 Å². The van der Waals surface area contributed by atoms with E-state index in [0.29, 0.717) is 30.2 Å². The predicted octanol–water partition coefficient (Wildman–Crippen LogP) is 3.60. The first-order valence-corrected chi connectivity index (χ1v) is 10.7. The highest BCUT2D eigenvalue weighted by molar-refractivity contribution is 6.07. The van der Waals surface area contributed by atoms with Crippen molar-refractivity contribution >= 4 is 17.5 Å². The summed E-state index contributed by atoms with van der Waals surface area (Å²) in [4.78, 5) is 27.0. The number of carbonyl (C=O) groups is 2. The highest BCUT2D eigenvalue weighted by Crippen LogP contribution is 2.30. The van der Waals surface area contributed by atoms with Crippen molar-refractivity contribution < 1.29 is 23.8 Å². The Bertz CT molecular complexity index is 1130. The lowest BCUT2D eigenvalue weighted by molar-refractivity contribution is -0.123.